The van der Waals surface area contributed by atoms with Crippen molar-refractivity contribution in [3.05, 3.63) is 0 Å². The van der Waals surface area contributed by atoms with E-state index < -0.39 is 0 Å². The van der Waals surface area contributed by atoms with Crippen molar-refractivity contribution >= 4 is 41.7 Å². The van der Waals surface area contributed by atoms with Crippen LogP contribution in [0.15, 0.2) is 4.99 Å². The van der Waals surface area contributed by atoms with Crippen LogP contribution in [0.4, 0.5) is 0 Å². The molecule has 1 aliphatic rings. The molecule has 19 heavy (non-hydrogen) atoms. The van der Waals surface area contributed by atoms with Gasteiger partial charge < -0.3 is 16.0 Å². The van der Waals surface area contributed by atoms with Crippen LogP contribution in [0, 0.1) is 0 Å². The van der Waals surface area contributed by atoms with E-state index in [1.807, 2.05) is 7.05 Å². The second-order valence-electron chi connectivity index (χ2n) is 5.69. The SMILES string of the molecule is CN=C(NCCNC(C)(C)C)NCC1CCCS1.I. The second kappa shape index (κ2) is 10.1. The monoisotopic (exact) mass is 400 g/mol. The molecule has 1 heterocycles. The molecule has 0 radical (unpaired) electrons. The van der Waals surface area contributed by atoms with Crippen molar-refractivity contribution in [1.29, 1.82) is 0 Å². The van der Waals surface area contributed by atoms with Gasteiger partial charge in [0.05, 0.1) is 0 Å². The fourth-order valence-electron chi connectivity index (χ4n) is 1.85. The first-order valence-corrected chi connectivity index (χ1v) is 7.87. The van der Waals surface area contributed by atoms with Gasteiger partial charge in [0, 0.05) is 37.5 Å². The van der Waals surface area contributed by atoms with Gasteiger partial charge in [-0.05, 0) is 39.4 Å². The largest absolute Gasteiger partial charge is 0.355 e. The minimum absolute atomic E-state index is 0. The van der Waals surface area contributed by atoms with Crippen LogP contribution in [0.2, 0.25) is 0 Å². The Morgan fingerprint density at radius 3 is 2.53 bits per heavy atom. The summed E-state index contributed by atoms with van der Waals surface area (Å²) in [6.45, 7) is 9.40. The van der Waals surface area contributed by atoms with E-state index in [1.54, 1.807) is 0 Å². The Morgan fingerprint density at radius 1 is 1.26 bits per heavy atom. The Balaban J connectivity index is 0.00000324. The molecule has 0 aromatic heterocycles. The minimum Gasteiger partial charge on any atom is -0.355 e. The third kappa shape index (κ3) is 9.79. The standard InChI is InChI=1S/C13H28N4S.HI/c1-13(2,3)17-8-7-15-12(14-4)16-10-11-6-5-9-18-11;/h11,17H,5-10H2,1-4H3,(H2,14,15,16);1H. The first-order chi connectivity index (χ1) is 8.51. The molecule has 0 amide bonds. The van der Waals surface area contributed by atoms with Gasteiger partial charge in [0.25, 0.3) is 0 Å². The third-order valence-electron chi connectivity index (χ3n) is 2.82. The summed E-state index contributed by atoms with van der Waals surface area (Å²) < 4.78 is 0. The summed E-state index contributed by atoms with van der Waals surface area (Å²) in [7, 11) is 1.83. The second-order valence-corrected chi connectivity index (χ2v) is 7.10. The molecule has 0 aromatic rings. The molecule has 6 heteroatoms. The molecule has 0 spiro atoms. The molecule has 0 aromatic carbocycles. The molecule has 1 atom stereocenters. The van der Waals surface area contributed by atoms with Crippen molar-refractivity contribution in [1.82, 2.24) is 16.0 Å². The molecular formula is C13H29IN4S. The fraction of sp³-hybridized carbons (Fsp3) is 0.923. The van der Waals surface area contributed by atoms with Crippen molar-refractivity contribution in [3.63, 3.8) is 0 Å². The summed E-state index contributed by atoms with van der Waals surface area (Å²) in [4.78, 5) is 4.24. The third-order valence-corrected chi connectivity index (χ3v) is 4.22. The number of guanidine groups is 1. The lowest BCUT2D eigenvalue weighted by Gasteiger charge is -2.21. The average Bonchev–Trinajstić information content (AvgIpc) is 2.79. The summed E-state index contributed by atoms with van der Waals surface area (Å²) in [6.07, 6.45) is 2.69. The smallest absolute Gasteiger partial charge is 0.191 e. The van der Waals surface area contributed by atoms with Crippen LogP contribution in [0.25, 0.3) is 0 Å². The van der Waals surface area contributed by atoms with Gasteiger partial charge in [-0.1, -0.05) is 0 Å². The molecule has 1 rings (SSSR count). The zero-order valence-electron chi connectivity index (χ0n) is 12.6. The van der Waals surface area contributed by atoms with Crippen LogP contribution in [0.5, 0.6) is 0 Å². The summed E-state index contributed by atoms with van der Waals surface area (Å²) in [5.41, 5.74) is 0.180. The molecule has 1 saturated heterocycles. The number of thioether (sulfide) groups is 1. The summed E-state index contributed by atoms with van der Waals surface area (Å²) in [6, 6.07) is 0. The predicted molar refractivity (Wildman–Crippen MR) is 98.0 cm³/mol. The number of hydrogen-bond donors (Lipinski definition) is 3. The highest BCUT2D eigenvalue weighted by molar-refractivity contribution is 14.0. The highest BCUT2D eigenvalue weighted by atomic mass is 127. The zero-order chi connectivity index (χ0) is 13.4. The Hall–Kier alpha value is 0.310. The maximum Gasteiger partial charge on any atom is 0.191 e. The lowest BCUT2D eigenvalue weighted by molar-refractivity contribution is 0.428. The van der Waals surface area contributed by atoms with Crippen LogP contribution in [-0.4, -0.2) is 49.2 Å². The van der Waals surface area contributed by atoms with Gasteiger partial charge in [-0.25, -0.2) is 0 Å². The molecule has 0 bridgehead atoms. The predicted octanol–water partition coefficient (Wildman–Crippen LogP) is 2.05. The Morgan fingerprint density at radius 2 is 2.00 bits per heavy atom. The molecule has 4 nitrogen and oxygen atoms in total. The number of halogens is 1. The molecule has 0 saturated carbocycles. The molecule has 1 aliphatic heterocycles. The van der Waals surface area contributed by atoms with E-state index in [-0.39, 0.29) is 29.5 Å². The van der Waals surface area contributed by atoms with Crippen molar-refractivity contribution in [2.75, 3.05) is 32.4 Å². The van der Waals surface area contributed by atoms with Gasteiger partial charge in [-0.2, -0.15) is 11.8 Å². The number of nitrogens with zero attached hydrogens (tertiary/aromatic N) is 1. The van der Waals surface area contributed by atoms with Gasteiger partial charge in [0.15, 0.2) is 5.96 Å². The number of hydrogen-bond acceptors (Lipinski definition) is 3. The van der Waals surface area contributed by atoms with Crippen LogP contribution in [-0.2, 0) is 0 Å². The Bertz CT molecular complexity index is 260. The summed E-state index contributed by atoms with van der Waals surface area (Å²) in [5.74, 6) is 2.23. The summed E-state index contributed by atoms with van der Waals surface area (Å²) >= 11 is 2.07. The molecule has 3 N–H and O–H groups in total. The quantitative estimate of drug-likeness (QED) is 0.286. The minimum atomic E-state index is 0. The first-order valence-electron chi connectivity index (χ1n) is 6.82. The van der Waals surface area contributed by atoms with E-state index in [4.69, 9.17) is 0 Å². The van der Waals surface area contributed by atoms with Crippen LogP contribution < -0.4 is 16.0 Å². The molecule has 0 aliphatic carbocycles. The maximum absolute atomic E-state index is 4.24. The fourth-order valence-corrected chi connectivity index (χ4v) is 3.06. The molecule has 1 unspecified atom stereocenters. The van der Waals surface area contributed by atoms with Crippen molar-refractivity contribution in [2.24, 2.45) is 4.99 Å². The maximum atomic E-state index is 4.24. The average molecular weight is 400 g/mol. The number of nitrogens with one attached hydrogen (secondary N) is 3. The van der Waals surface area contributed by atoms with Gasteiger partial charge in [0.2, 0.25) is 0 Å². The molecule has 1 fully saturated rings. The van der Waals surface area contributed by atoms with Gasteiger partial charge in [-0.15, -0.1) is 24.0 Å². The zero-order valence-corrected chi connectivity index (χ0v) is 15.7. The first kappa shape index (κ1) is 19.3. The van der Waals surface area contributed by atoms with E-state index in [2.05, 4.69) is 53.5 Å². The van der Waals surface area contributed by atoms with Crippen LogP contribution >= 0.6 is 35.7 Å². The van der Waals surface area contributed by atoms with E-state index in [9.17, 15) is 0 Å². The van der Waals surface area contributed by atoms with Crippen molar-refractivity contribution in [2.45, 2.75) is 44.4 Å². The molecule has 114 valence electrons. The molecular weight excluding hydrogens is 371 g/mol. The van der Waals surface area contributed by atoms with E-state index in [0.29, 0.717) is 0 Å². The van der Waals surface area contributed by atoms with Gasteiger partial charge >= 0.3 is 0 Å². The van der Waals surface area contributed by atoms with Crippen LogP contribution in [0.1, 0.15) is 33.6 Å². The highest BCUT2D eigenvalue weighted by Gasteiger charge is 2.15. The van der Waals surface area contributed by atoms with Gasteiger partial charge in [-0.3, -0.25) is 4.99 Å². The summed E-state index contributed by atoms with van der Waals surface area (Å²) in [5, 5.41) is 10.9. The lowest BCUT2D eigenvalue weighted by atomic mass is 10.1. The van der Waals surface area contributed by atoms with Crippen molar-refractivity contribution in [3.8, 4) is 0 Å². The van der Waals surface area contributed by atoms with E-state index in [0.717, 1.165) is 30.8 Å². The normalized spacial score (nSPS) is 20.0. The van der Waals surface area contributed by atoms with Crippen LogP contribution in [0.3, 0.4) is 0 Å². The van der Waals surface area contributed by atoms with E-state index in [1.165, 1.54) is 18.6 Å². The van der Waals surface area contributed by atoms with Crippen molar-refractivity contribution < 1.29 is 0 Å². The van der Waals surface area contributed by atoms with E-state index >= 15 is 0 Å². The Kier molecular flexibility index (Phi) is 10.3. The number of aliphatic imine (C=N–C) groups is 1. The highest BCUT2D eigenvalue weighted by Crippen LogP contribution is 2.25. The Labute approximate surface area is 139 Å². The van der Waals surface area contributed by atoms with Gasteiger partial charge in [0.1, 0.15) is 0 Å². The topological polar surface area (TPSA) is 48.5 Å². The number of rotatable bonds is 5. The lowest BCUT2D eigenvalue weighted by Crippen LogP contribution is -2.45.